The smallest absolute Gasteiger partial charge is 0.279 e. The summed E-state index contributed by atoms with van der Waals surface area (Å²) in [6.45, 7) is 8.09. The highest BCUT2D eigenvalue weighted by Gasteiger charge is 2.12. The van der Waals surface area contributed by atoms with E-state index in [1.54, 1.807) is 0 Å². The third-order valence-electron chi connectivity index (χ3n) is 3.80. The first-order valence-corrected chi connectivity index (χ1v) is 9.13. The van der Waals surface area contributed by atoms with E-state index in [1.165, 1.54) is 21.8 Å². The zero-order valence-corrected chi connectivity index (χ0v) is 15.8. The highest BCUT2D eigenvalue weighted by molar-refractivity contribution is 7.14. The van der Waals surface area contributed by atoms with Crippen molar-refractivity contribution in [1.82, 2.24) is 10.9 Å². The van der Waals surface area contributed by atoms with E-state index in [2.05, 4.69) is 24.7 Å². The molecule has 0 saturated carbocycles. The number of thiophene rings is 1. The third-order valence-corrected chi connectivity index (χ3v) is 5.18. The van der Waals surface area contributed by atoms with E-state index in [1.807, 2.05) is 44.2 Å². The molecule has 0 bridgehead atoms. The topological polar surface area (TPSA) is 67.4 Å². The summed E-state index contributed by atoms with van der Waals surface area (Å²) >= 11 is 1.44. The number of amides is 2. The van der Waals surface area contributed by atoms with Gasteiger partial charge in [0.25, 0.3) is 11.8 Å². The van der Waals surface area contributed by atoms with Crippen molar-refractivity contribution in [1.29, 1.82) is 0 Å². The summed E-state index contributed by atoms with van der Waals surface area (Å²) in [6.07, 6.45) is 0.888. The fraction of sp³-hybridized carbons (Fsp3) is 0.368. The van der Waals surface area contributed by atoms with Crippen LogP contribution >= 0.6 is 11.3 Å². The van der Waals surface area contributed by atoms with Crippen LogP contribution in [0.4, 0.5) is 0 Å². The first-order chi connectivity index (χ1) is 11.9. The molecule has 0 aliphatic carbocycles. The van der Waals surface area contributed by atoms with Crippen LogP contribution < -0.4 is 15.6 Å². The second kappa shape index (κ2) is 8.67. The Morgan fingerprint density at radius 3 is 2.40 bits per heavy atom. The first-order valence-electron chi connectivity index (χ1n) is 8.32. The lowest BCUT2D eigenvalue weighted by Crippen LogP contribution is -2.43. The van der Waals surface area contributed by atoms with Gasteiger partial charge in [0.05, 0.1) is 4.88 Å². The molecule has 0 unspecified atom stereocenters. The van der Waals surface area contributed by atoms with E-state index in [-0.39, 0.29) is 12.5 Å². The van der Waals surface area contributed by atoms with Crippen LogP contribution in [0.5, 0.6) is 5.75 Å². The summed E-state index contributed by atoms with van der Waals surface area (Å²) in [5.41, 5.74) is 7.09. The lowest BCUT2D eigenvalue weighted by atomic mass is 10.0. The van der Waals surface area contributed by atoms with Gasteiger partial charge in [0, 0.05) is 4.88 Å². The van der Waals surface area contributed by atoms with Crippen molar-refractivity contribution in [3.05, 3.63) is 51.2 Å². The second-order valence-corrected chi connectivity index (χ2v) is 7.22. The number of hydrogen-bond acceptors (Lipinski definition) is 4. The Morgan fingerprint density at radius 2 is 1.84 bits per heavy atom. The molecule has 2 rings (SSSR count). The van der Waals surface area contributed by atoms with Gasteiger partial charge in [0.15, 0.2) is 6.61 Å². The molecule has 0 saturated heterocycles. The van der Waals surface area contributed by atoms with Crippen LogP contribution in [0.25, 0.3) is 0 Å². The van der Waals surface area contributed by atoms with Crippen LogP contribution in [0.2, 0.25) is 0 Å². The zero-order chi connectivity index (χ0) is 18.4. The van der Waals surface area contributed by atoms with Gasteiger partial charge < -0.3 is 4.74 Å². The third kappa shape index (κ3) is 5.32. The van der Waals surface area contributed by atoms with Gasteiger partial charge in [-0.1, -0.05) is 32.9 Å². The predicted molar refractivity (Wildman–Crippen MR) is 100 cm³/mol. The largest absolute Gasteiger partial charge is 0.484 e. The van der Waals surface area contributed by atoms with E-state index >= 15 is 0 Å². The van der Waals surface area contributed by atoms with Gasteiger partial charge in [0.2, 0.25) is 0 Å². The summed E-state index contributed by atoms with van der Waals surface area (Å²) in [5.74, 6) is 0.335. The quantitative estimate of drug-likeness (QED) is 0.774. The summed E-state index contributed by atoms with van der Waals surface area (Å²) < 4.78 is 5.42. The van der Waals surface area contributed by atoms with E-state index in [4.69, 9.17) is 4.74 Å². The monoisotopic (exact) mass is 360 g/mol. The van der Waals surface area contributed by atoms with Crippen molar-refractivity contribution in [2.24, 2.45) is 0 Å². The van der Waals surface area contributed by atoms with Crippen LogP contribution in [0.3, 0.4) is 0 Å². The molecule has 2 N–H and O–H groups in total. The molecular weight excluding hydrogens is 336 g/mol. The SMILES string of the molecule is CCc1sc(C(=O)NNC(=O)COc2ccc(C(C)C)cc2)cc1C. The van der Waals surface area contributed by atoms with Gasteiger partial charge in [0.1, 0.15) is 5.75 Å². The number of nitrogens with one attached hydrogen (secondary N) is 2. The van der Waals surface area contributed by atoms with Gasteiger partial charge in [-0.2, -0.15) is 0 Å². The first kappa shape index (κ1) is 19.0. The van der Waals surface area contributed by atoms with Gasteiger partial charge in [-0.05, 0) is 48.6 Å². The summed E-state index contributed by atoms with van der Waals surface area (Å²) in [7, 11) is 0. The minimum atomic E-state index is -0.412. The maximum atomic E-state index is 12.0. The number of ether oxygens (including phenoxy) is 1. The van der Waals surface area contributed by atoms with Gasteiger partial charge >= 0.3 is 0 Å². The van der Waals surface area contributed by atoms with Crippen molar-refractivity contribution in [3.8, 4) is 5.75 Å². The molecule has 25 heavy (non-hydrogen) atoms. The molecule has 2 aromatic rings. The van der Waals surface area contributed by atoms with E-state index in [0.29, 0.717) is 16.5 Å². The van der Waals surface area contributed by atoms with E-state index < -0.39 is 5.91 Å². The van der Waals surface area contributed by atoms with E-state index in [9.17, 15) is 9.59 Å². The summed E-state index contributed by atoms with van der Waals surface area (Å²) in [6, 6.07) is 9.45. The highest BCUT2D eigenvalue weighted by atomic mass is 32.1. The second-order valence-electron chi connectivity index (χ2n) is 6.09. The van der Waals surface area contributed by atoms with Crippen molar-refractivity contribution < 1.29 is 14.3 Å². The molecule has 1 heterocycles. The number of rotatable bonds is 6. The van der Waals surface area contributed by atoms with Gasteiger partial charge in [-0.3, -0.25) is 20.4 Å². The lowest BCUT2D eigenvalue weighted by Gasteiger charge is -2.09. The van der Waals surface area contributed by atoms with E-state index in [0.717, 1.165) is 12.0 Å². The van der Waals surface area contributed by atoms with Crippen LogP contribution in [-0.2, 0) is 11.2 Å². The van der Waals surface area contributed by atoms with Crippen molar-refractivity contribution in [2.75, 3.05) is 6.61 Å². The molecule has 0 aliphatic rings. The number of hydrazine groups is 1. The Kier molecular flexibility index (Phi) is 6.58. The Morgan fingerprint density at radius 1 is 1.16 bits per heavy atom. The molecule has 0 aliphatic heterocycles. The number of aryl methyl sites for hydroxylation is 2. The average molecular weight is 360 g/mol. The fourth-order valence-corrected chi connectivity index (χ4v) is 3.31. The molecule has 6 heteroatoms. The summed E-state index contributed by atoms with van der Waals surface area (Å²) in [4.78, 5) is 25.6. The Balaban J connectivity index is 1.79. The molecule has 1 aromatic carbocycles. The standard InChI is InChI=1S/C19H24N2O3S/c1-5-16-13(4)10-17(25-16)19(23)21-20-18(22)11-24-15-8-6-14(7-9-15)12(2)3/h6-10,12H,5,11H2,1-4H3,(H,20,22)(H,21,23). The predicted octanol–water partition coefficient (Wildman–Crippen LogP) is 3.58. The molecular formula is C19H24N2O3S. The minimum Gasteiger partial charge on any atom is -0.484 e. The Bertz CT molecular complexity index is 736. The molecule has 0 radical (unpaired) electrons. The number of benzene rings is 1. The number of carbonyl (C=O) groups is 2. The Labute approximate surface area is 152 Å². The van der Waals surface area contributed by atoms with Crippen molar-refractivity contribution in [3.63, 3.8) is 0 Å². The van der Waals surface area contributed by atoms with Crippen LogP contribution in [0.1, 0.15) is 52.4 Å². The molecule has 0 fully saturated rings. The van der Waals surface area contributed by atoms with Gasteiger partial charge in [-0.15, -0.1) is 11.3 Å². The highest BCUT2D eigenvalue weighted by Crippen LogP contribution is 2.22. The van der Waals surface area contributed by atoms with Crippen LogP contribution in [0, 0.1) is 6.92 Å². The zero-order valence-electron chi connectivity index (χ0n) is 15.0. The molecule has 134 valence electrons. The lowest BCUT2D eigenvalue weighted by molar-refractivity contribution is -0.123. The fourth-order valence-electron chi connectivity index (χ4n) is 2.30. The van der Waals surface area contributed by atoms with Crippen molar-refractivity contribution in [2.45, 2.75) is 40.0 Å². The summed E-state index contributed by atoms with van der Waals surface area (Å²) in [5, 5.41) is 0. The molecule has 5 nitrogen and oxygen atoms in total. The molecule has 0 spiro atoms. The maximum absolute atomic E-state index is 12.0. The van der Waals surface area contributed by atoms with Crippen LogP contribution in [-0.4, -0.2) is 18.4 Å². The minimum absolute atomic E-state index is 0.162. The maximum Gasteiger partial charge on any atom is 0.279 e. The van der Waals surface area contributed by atoms with Crippen LogP contribution in [0.15, 0.2) is 30.3 Å². The number of hydrogen-bond donors (Lipinski definition) is 2. The molecule has 1 aromatic heterocycles. The molecule has 2 amide bonds. The van der Waals surface area contributed by atoms with Gasteiger partial charge in [-0.25, -0.2) is 0 Å². The Hall–Kier alpha value is -2.34. The van der Waals surface area contributed by atoms with Crippen molar-refractivity contribution >= 4 is 23.2 Å². The molecule has 0 atom stereocenters. The number of carbonyl (C=O) groups excluding carboxylic acids is 2. The average Bonchev–Trinajstić information content (AvgIpc) is 2.99. The normalized spacial score (nSPS) is 10.6.